The molecule has 7 nitrogen and oxygen atoms in total. The maximum absolute atomic E-state index is 12.3. The Morgan fingerprint density at radius 1 is 1.12 bits per heavy atom. The van der Waals surface area contributed by atoms with Crippen molar-refractivity contribution in [2.45, 2.75) is 13.5 Å². The topological polar surface area (TPSA) is 83.6 Å². The number of hydrogen-bond acceptors (Lipinski definition) is 5. The number of pyridine rings is 1. The van der Waals surface area contributed by atoms with Crippen LogP contribution in [0, 0.1) is 6.92 Å². The molecule has 2 aromatic rings. The molecule has 0 saturated carbocycles. The lowest BCUT2D eigenvalue weighted by molar-refractivity contribution is -0.119. The zero-order valence-corrected chi connectivity index (χ0v) is 15.3. The smallest absolute Gasteiger partial charge is 0.250 e. The minimum Gasteiger partial charge on any atom is -0.375 e. The van der Waals surface area contributed by atoms with Gasteiger partial charge in [0.05, 0.1) is 6.54 Å². The highest BCUT2D eigenvalue weighted by atomic mass is 16.5. The van der Waals surface area contributed by atoms with E-state index in [9.17, 15) is 9.59 Å². The van der Waals surface area contributed by atoms with Crippen molar-refractivity contribution < 1.29 is 14.3 Å². The Labute approximate surface area is 153 Å². The van der Waals surface area contributed by atoms with Crippen molar-refractivity contribution in [1.82, 2.24) is 9.88 Å². The van der Waals surface area contributed by atoms with Gasteiger partial charge in [-0.3, -0.25) is 19.5 Å². The Hall–Kier alpha value is -2.77. The summed E-state index contributed by atoms with van der Waals surface area (Å²) >= 11 is 0. The molecule has 0 aliphatic rings. The molecule has 1 heterocycles. The Morgan fingerprint density at radius 2 is 1.85 bits per heavy atom. The van der Waals surface area contributed by atoms with E-state index < -0.39 is 0 Å². The summed E-state index contributed by atoms with van der Waals surface area (Å²) < 4.78 is 4.80. The van der Waals surface area contributed by atoms with Crippen LogP contribution in [-0.4, -0.2) is 49.0 Å². The van der Waals surface area contributed by atoms with Crippen LogP contribution < -0.4 is 10.6 Å². The molecule has 0 radical (unpaired) electrons. The zero-order chi connectivity index (χ0) is 18.9. The fourth-order valence-electron chi connectivity index (χ4n) is 2.45. The molecule has 2 rings (SSSR count). The van der Waals surface area contributed by atoms with Gasteiger partial charge in [0, 0.05) is 37.4 Å². The van der Waals surface area contributed by atoms with Crippen LogP contribution in [0.2, 0.25) is 0 Å². The van der Waals surface area contributed by atoms with Crippen LogP contribution in [-0.2, 0) is 20.9 Å². The van der Waals surface area contributed by atoms with Crippen molar-refractivity contribution in [2.24, 2.45) is 0 Å². The average molecular weight is 356 g/mol. The summed E-state index contributed by atoms with van der Waals surface area (Å²) in [5.41, 5.74) is 3.29. The highest BCUT2D eigenvalue weighted by Crippen LogP contribution is 2.20. The van der Waals surface area contributed by atoms with Gasteiger partial charge in [0.15, 0.2) is 0 Å². The summed E-state index contributed by atoms with van der Waals surface area (Å²) in [6, 6.07) is 9.21. The first-order valence-electron chi connectivity index (χ1n) is 8.24. The summed E-state index contributed by atoms with van der Waals surface area (Å²) in [5, 5.41) is 5.62. The Bertz CT molecular complexity index is 750. The number of carbonyl (C=O) groups is 2. The van der Waals surface area contributed by atoms with Gasteiger partial charge in [-0.25, -0.2) is 0 Å². The van der Waals surface area contributed by atoms with Gasteiger partial charge in [-0.1, -0.05) is 6.07 Å². The van der Waals surface area contributed by atoms with Gasteiger partial charge in [0.2, 0.25) is 11.8 Å². The second kappa shape index (κ2) is 9.65. The molecule has 2 N–H and O–H groups in total. The monoisotopic (exact) mass is 356 g/mol. The standard InChI is InChI=1S/C19H24N4O3/c1-14-4-5-16(21-19(25)13-26-3)10-17(14)22-18(24)12-23(2)11-15-6-8-20-9-7-15/h4-10H,11-13H2,1-3H3,(H,21,25)(H,22,24). The predicted molar refractivity (Wildman–Crippen MR) is 101 cm³/mol. The quantitative estimate of drug-likeness (QED) is 0.756. The third-order valence-electron chi connectivity index (χ3n) is 3.69. The first-order valence-corrected chi connectivity index (χ1v) is 8.24. The Kier molecular flexibility index (Phi) is 7.25. The summed E-state index contributed by atoms with van der Waals surface area (Å²) in [7, 11) is 3.34. The van der Waals surface area contributed by atoms with Gasteiger partial charge in [0.25, 0.3) is 0 Å². The normalized spacial score (nSPS) is 10.6. The lowest BCUT2D eigenvalue weighted by Gasteiger charge is -2.17. The van der Waals surface area contributed by atoms with E-state index in [1.165, 1.54) is 7.11 Å². The number of nitrogens with one attached hydrogen (secondary N) is 2. The number of anilines is 2. The van der Waals surface area contributed by atoms with Gasteiger partial charge < -0.3 is 15.4 Å². The average Bonchev–Trinajstić information content (AvgIpc) is 2.58. The van der Waals surface area contributed by atoms with E-state index in [0.717, 1.165) is 11.1 Å². The van der Waals surface area contributed by atoms with Crippen molar-refractivity contribution in [3.63, 3.8) is 0 Å². The SMILES string of the molecule is COCC(=O)Nc1ccc(C)c(NC(=O)CN(C)Cc2ccncc2)c1. The van der Waals surface area contributed by atoms with Crippen LogP contribution in [0.3, 0.4) is 0 Å². The molecule has 0 fully saturated rings. The molecule has 1 aromatic carbocycles. The number of likely N-dealkylation sites (N-methyl/N-ethyl adjacent to an activating group) is 1. The lowest BCUT2D eigenvalue weighted by Crippen LogP contribution is -2.30. The van der Waals surface area contributed by atoms with E-state index in [2.05, 4.69) is 15.6 Å². The molecular formula is C19H24N4O3. The largest absolute Gasteiger partial charge is 0.375 e. The number of methoxy groups -OCH3 is 1. The molecule has 2 amide bonds. The van der Waals surface area contributed by atoms with E-state index in [1.54, 1.807) is 24.5 Å². The molecule has 0 saturated heterocycles. The third-order valence-corrected chi connectivity index (χ3v) is 3.69. The summed E-state index contributed by atoms with van der Waals surface area (Å²) in [5.74, 6) is -0.365. The molecule has 26 heavy (non-hydrogen) atoms. The Balaban J connectivity index is 1.94. The molecule has 0 aliphatic carbocycles. The number of aromatic nitrogens is 1. The number of ether oxygens (including phenoxy) is 1. The van der Waals surface area contributed by atoms with E-state index in [-0.39, 0.29) is 25.0 Å². The maximum atomic E-state index is 12.3. The van der Waals surface area contributed by atoms with Crippen molar-refractivity contribution in [3.8, 4) is 0 Å². The van der Waals surface area contributed by atoms with Gasteiger partial charge in [-0.2, -0.15) is 0 Å². The van der Waals surface area contributed by atoms with Crippen LogP contribution >= 0.6 is 0 Å². The maximum Gasteiger partial charge on any atom is 0.250 e. The van der Waals surface area contributed by atoms with Gasteiger partial charge in [-0.15, -0.1) is 0 Å². The summed E-state index contributed by atoms with van der Waals surface area (Å²) in [4.78, 5) is 29.8. The van der Waals surface area contributed by atoms with Crippen LogP contribution in [0.15, 0.2) is 42.7 Å². The molecular weight excluding hydrogens is 332 g/mol. The summed E-state index contributed by atoms with van der Waals surface area (Å²) in [6.45, 7) is 2.79. The van der Waals surface area contributed by atoms with Crippen LogP contribution in [0.5, 0.6) is 0 Å². The summed E-state index contributed by atoms with van der Waals surface area (Å²) in [6.07, 6.45) is 3.46. The molecule has 0 aliphatic heterocycles. The number of hydrogen-bond donors (Lipinski definition) is 2. The van der Waals surface area contributed by atoms with Crippen molar-refractivity contribution in [1.29, 1.82) is 0 Å². The number of amides is 2. The molecule has 0 spiro atoms. The number of benzene rings is 1. The van der Waals surface area contributed by atoms with Gasteiger partial charge >= 0.3 is 0 Å². The van der Waals surface area contributed by atoms with Crippen LogP contribution in [0.1, 0.15) is 11.1 Å². The zero-order valence-electron chi connectivity index (χ0n) is 15.3. The van der Waals surface area contributed by atoms with E-state index >= 15 is 0 Å². The van der Waals surface area contributed by atoms with E-state index in [0.29, 0.717) is 17.9 Å². The first kappa shape index (κ1) is 19.6. The fourth-order valence-corrected chi connectivity index (χ4v) is 2.45. The van der Waals surface area contributed by atoms with Crippen LogP contribution in [0.25, 0.3) is 0 Å². The third kappa shape index (κ3) is 6.27. The molecule has 7 heteroatoms. The molecule has 0 unspecified atom stereocenters. The molecule has 138 valence electrons. The number of carbonyl (C=O) groups excluding carboxylic acids is 2. The fraction of sp³-hybridized carbons (Fsp3) is 0.316. The second-order valence-corrected chi connectivity index (χ2v) is 6.09. The number of rotatable bonds is 8. The van der Waals surface area contributed by atoms with Crippen molar-refractivity contribution in [3.05, 3.63) is 53.9 Å². The Morgan fingerprint density at radius 3 is 2.54 bits per heavy atom. The van der Waals surface area contributed by atoms with E-state index in [4.69, 9.17) is 4.74 Å². The number of aryl methyl sites for hydroxylation is 1. The second-order valence-electron chi connectivity index (χ2n) is 6.09. The minimum absolute atomic E-state index is 0.0185. The molecule has 0 atom stereocenters. The molecule has 1 aromatic heterocycles. The molecule has 0 bridgehead atoms. The van der Waals surface area contributed by atoms with Crippen molar-refractivity contribution in [2.75, 3.05) is 37.9 Å². The highest BCUT2D eigenvalue weighted by molar-refractivity contribution is 5.95. The first-order chi connectivity index (χ1) is 12.5. The predicted octanol–water partition coefficient (Wildman–Crippen LogP) is 2.05. The minimum atomic E-state index is -0.245. The lowest BCUT2D eigenvalue weighted by atomic mass is 10.1. The van der Waals surface area contributed by atoms with Gasteiger partial charge in [0.1, 0.15) is 6.61 Å². The number of nitrogens with zero attached hydrogens (tertiary/aromatic N) is 2. The van der Waals surface area contributed by atoms with Gasteiger partial charge in [-0.05, 0) is 49.4 Å². The highest BCUT2D eigenvalue weighted by Gasteiger charge is 2.10. The van der Waals surface area contributed by atoms with Crippen LogP contribution in [0.4, 0.5) is 11.4 Å². The van der Waals surface area contributed by atoms with E-state index in [1.807, 2.05) is 37.1 Å². The van der Waals surface area contributed by atoms with Crippen molar-refractivity contribution >= 4 is 23.2 Å².